The predicted octanol–water partition coefficient (Wildman–Crippen LogP) is 7.17. The molecular formula is C26H26O. The van der Waals surface area contributed by atoms with E-state index in [1.807, 2.05) is 0 Å². The second kappa shape index (κ2) is 8.26. The molecule has 1 heteroatoms. The highest BCUT2D eigenvalue weighted by Crippen LogP contribution is 2.28. The molecule has 4 rings (SSSR count). The Morgan fingerprint density at radius 3 is 2.33 bits per heavy atom. The molecule has 136 valence electrons. The van der Waals surface area contributed by atoms with E-state index in [0.29, 0.717) is 0 Å². The normalized spacial score (nSPS) is 12.3. The molecule has 1 nitrogen and oxygen atoms in total. The summed E-state index contributed by atoms with van der Waals surface area (Å²) in [6.07, 6.45) is 4.58. The Kier molecular flexibility index (Phi) is 5.39. The van der Waals surface area contributed by atoms with Crippen LogP contribution in [0.2, 0.25) is 0 Å². The minimum Gasteiger partial charge on any atom is -0.489 e. The van der Waals surface area contributed by atoms with Gasteiger partial charge in [-0.1, -0.05) is 98.6 Å². The molecule has 0 amide bonds. The van der Waals surface area contributed by atoms with Crippen molar-refractivity contribution in [3.8, 4) is 5.75 Å². The molecule has 0 saturated heterocycles. The highest BCUT2D eigenvalue weighted by atomic mass is 16.5. The molecule has 0 saturated carbocycles. The van der Waals surface area contributed by atoms with Crippen LogP contribution in [0.5, 0.6) is 5.75 Å². The van der Waals surface area contributed by atoms with Crippen LogP contribution in [0.4, 0.5) is 0 Å². The monoisotopic (exact) mass is 354 g/mol. The van der Waals surface area contributed by atoms with E-state index in [0.717, 1.165) is 18.6 Å². The molecule has 4 aromatic rings. The van der Waals surface area contributed by atoms with Gasteiger partial charge in [0.15, 0.2) is 0 Å². The van der Waals surface area contributed by atoms with Gasteiger partial charge in [-0.2, -0.15) is 0 Å². The fourth-order valence-corrected chi connectivity index (χ4v) is 3.74. The van der Waals surface area contributed by atoms with Gasteiger partial charge >= 0.3 is 0 Å². The zero-order valence-electron chi connectivity index (χ0n) is 15.9. The van der Waals surface area contributed by atoms with E-state index in [4.69, 9.17) is 4.74 Å². The molecule has 1 unspecified atom stereocenters. The van der Waals surface area contributed by atoms with Crippen molar-refractivity contribution in [3.63, 3.8) is 0 Å². The van der Waals surface area contributed by atoms with Crippen molar-refractivity contribution in [2.24, 2.45) is 0 Å². The number of rotatable bonds is 7. The maximum atomic E-state index is 6.55. The van der Waals surface area contributed by atoms with Crippen LogP contribution in [0.15, 0.2) is 84.9 Å². The van der Waals surface area contributed by atoms with Crippen molar-refractivity contribution in [3.05, 3.63) is 90.5 Å². The lowest BCUT2D eigenvalue weighted by atomic mass is 10.00. The van der Waals surface area contributed by atoms with Gasteiger partial charge in [-0.25, -0.2) is 0 Å². The second-order valence-electron chi connectivity index (χ2n) is 7.24. The number of hydrogen-bond donors (Lipinski definition) is 0. The van der Waals surface area contributed by atoms with Gasteiger partial charge in [0.1, 0.15) is 11.9 Å². The van der Waals surface area contributed by atoms with E-state index in [9.17, 15) is 0 Å². The molecule has 0 bridgehead atoms. The third-order valence-electron chi connectivity index (χ3n) is 5.20. The summed E-state index contributed by atoms with van der Waals surface area (Å²) < 4.78 is 6.55. The number of ether oxygens (including phenoxy) is 1. The Morgan fingerprint density at radius 2 is 1.48 bits per heavy atom. The Balaban J connectivity index is 1.60. The van der Waals surface area contributed by atoms with Gasteiger partial charge in [0.25, 0.3) is 0 Å². The van der Waals surface area contributed by atoms with Crippen LogP contribution in [-0.4, -0.2) is 6.10 Å². The highest BCUT2D eigenvalue weighted by molar-refractivity contribution is 5.88. The summed E-state index contributed by atoms with van der Waals surface area (Å²) >= 11 is 0. The average molecular weight is 354 g/mol. The highest BCUT2D eigenvalue weighted by Gasteiger charge is 2.13. The standard InChI is InChI=1S/C26H26O/c1-2-3-13-24(19-20-16-17-21-9-4-5-11-23(21)18-20)27-26-15-8-12-22-10-6-7-14-25(22)26/h4-12,14-18,24H,2-3,13,19H2,1H3. The first-order valence-electron chi connectivity index (χ1n) is 9.95. The number of fused-ring (bicyclic) bond motifs is 2. The van der Waals surface area contributed by atoms with Crippen molar-refractivity contribution < 1.29 is 4.74 Å². The van der Waals surface area contributed by atoms with Crippen molar-refractivity contribution >= 4 is 21.5 Å². The van der Waals surface area contributed by atoms with Gasteiger partial charge in [0.2, 0.25) is 0 Å². The van der Waals surface area contributed by atoms with E-state index < -0.39 is 0 Å². The minimum atomic E-state index is 0.192. The van der Waals surface area contributed by atoms with Gasteiger partial charge in [-0.05, 0) is 34.2 Å². The first kappa shape index (κ1) is 17.6. The minimum absolute atomic E-state index is 0.192. The Morgan fingerprint density at radius 1 is 0.741 bits per heavy atom. The predicted molar refractivity (Wildman–Crippen MR) is 116 cm³/mol. The quantitative estimate of drug-likeness (QED) is 0.342. The first-order valence-corrected chi connectivity index (χ1v) is 9.95. The molecular weight excluding hydrogens is 328 g/mol. The van der Waals surface area contributed by atoms with Gasteiger partial charge in [0.05, 0.1) is 0 Å². The number of unbranched alkanes of at least 4 members (excludes halogenated alkanes) is 1. The molecule has 0 aliphatic carbocycles. The summed E-state index contributed by atoms with van der Waals surface area (Å²) in [5, 5.41) is 5.02. The zero-order chi connectivity index (χ0) is 18.5. The molecule has 0 fully saturated rings. The summed E-state index contributed by atoms with van der Waals surface area (Å²) in [5.41, 5.74) is 1.34. The molecule has 0 N–H and O–H groups in total. The van der Waals surface area contributed by atoms with Gasteiger partial charge in [0, 0.05) is 11.8 Å². The van der Waals surface area contributed by atoms with Crippen LogP contribution < -0.4 is 4.74 Å². The van der Waals surface area contributed by atoms with Crippen LogP contribution in [-0.2, 0) is 6.42 Å². The topological polar surface area (TPSA) is 9.23 Å². The van der Waals surface area contributed by atoms with E-state index in [1.54, 1.807) is 0 Å². The molecule has 27 heavy (non-hydrogen) atoms. The molecule has 1 atom stereocenters. The molecule has 0 aliphatic heterocycles. The summed E-state index contributed by atoms with van der Waals surface area (Å²) in [6, 6.07) is 30.1. The van der Waals surface area contributed by atoms with E-state index in [1.165, 1.54) is 39.9 Å². The first-order chi connectivity index (χ1) is 13.3. The summed E-state index contributed by atoms with van der Waals surface area (Å²) in [4.78, 5) is 0. The lowest BCUT2D eigenvalue weighted by Crippen LogP contribution is -2.19. The fraction of sp³-hybridized carbons (Fsp3) is 0.231. The van der Waals surface area contributed by atoms with Crippen LogP contribution in [0.1, 0.15) is 31.7 Å². The van der Waals surface area contributed by atoms with Crippen molar-refractivity contribution in [2.75, 3.05) is 0 Å². The Hall–Kier alpha value is -2.80. The van der Waals surface area contributed by atoms with Crippen LogP contribution >= 0.6 is 0 Å². The molecule has 0 heterocycles. The smallest absolute Gasteiger partial charge is 0.127 e. The third-order valence-corrected chi connectivity index (χ3v) is 5.20. The van der Waals surface area contributed by atoms with E-state index in [2.05, 4.69) is 91.9 Å². The second-order valence-corrected chi connectivity index (χ2v) is 7.24. The van der Waals surface area contributed by atoms with Crippen LogP contribution in [0, 0.1) is 0 Å². The number of benzene rings is 4. The van der Waals surface area contributed by atoms with E-state index >= 15 is 0 Å². The van der Waals surface area contributed by atoms with Gasteiger partial charge in [-0.3, -0.25) is 0 Å². The maximum absolute atomic E-state index is 6.55. The Bertz CT molecular complexity index is 1030. The SMILES string of the molecule is CCCCC(Cc1ccc2ccccc2c1)Oc1cccc2ccccc12. The van der Waals surface area contributed by atoms with E-state index in [-0.39, 0.29) is 6.10 Å². The van der Waals surface area contributed by atoms with Gasteiger partial charge in [-0.15, -0.1) is 0 Å². The number of hydrogen-bond acceptors (Lipinski definition) is 1. The molecule has 0 radical (unpaired) electrons. The van der Waals surface area contributed by atoms with Crippen LogP contribution in [0.3, 0.4) is 0 Å². The van der Waals surface area contributed by atoms with Gasteiger partial charge < -0.3 is 4.74 Å². The van der Waals surface area contributed by atoms with Crippen molar-refractivity contribution in [2.45, 2.75) is 38.7 Å². The lowest BCUT2D eigenvalue weighted by Gasteiger charge is -2.21. The summed E-state index contributed by atoms with van der Waals surface area (Å²) in [6.45, 7) is 2.24. The molecule has 0 aliphatic rings. The fourth-order valence-electron chi connectivity index (χ4n) is 3.74. The molecule has 0 spiro atoms. The lowest BCUT2D eigenvalue weighted by molar-refractivity contribution is 0.190. The molecule has 0 aromatic heterocycles. The summed E-state index contributed by atoms with van der Waals surface area (Å²) in [5.74, 6) is 0.995. The van der Waals surface area contributed by atoms with Crippen molar-refractivity contribution in [1.82, 2.24) is 0 Å². The molecule has 4 aromatic carbocycles. The zero-order valence-corrected chi connectivity index (χ0v) is 15.9. The van der Waals surface area contributed by atoms with Crippen LogP contribution in [0.25, 0.3) is 21.5 Å². The summed E-state index contributed by atoms with van der Waals surface area (Å²) in [7, 11) is 0. The largest absolute Gasteiger partial charge is 0.489 e. The average Bonchev–Trinajstić information content (AvgIpc) is 2.72. The van der Waals surface area contributed by atoms with Crippen molar-refractivity contribution in [1.29, 1.82) is 0 Å². The maximum Gasteiger partial charge on any atom is 0.127 e. The third kappa shape index (κ3) is 4.14. The Labute approximate surface area is 161 Å².